The first-order valence-corrected chi connectivity index (χ1v) is 28.7. The first kappa shape index (κ1) is 55.9. The largest absolute Gasteiger partial charge is 0.492 e. The molecule has 18 nitrogen and oxygen atoms in total. The van der Waals surface area contributed by atoms with Crippen molar-refractivity contribution in [2.75, 3.05) is 82.3 Å². The van der Waals surface area contributed by atoms with E-state index in [4.69, 9.17) is 9.47 Å². The van der Waals surface area contributed by atoms with Gasteiger partial charge in [-0.15, -0.1) is 0 Å². The van der Waals surface area contributed by atoms with Crippen molar-refractivity contribution in [2.24, 2.45) is 17.8 Å². The fraction of sp³-hybridized carbons (Fsp3) is 0.475. The van der Waals surface area contributed by atoms with Gasteiger partial charge in [0.2, 0.25) is 41.0 Å². The number of halogens is 3. The van der Waals surface area contributed by atoms with Gasteiger partial charge in [-0.05, 0) is 104 Å². The summed E-state index contributed by atoms with van der Waals surface area (Å²) in [6.45, 7) is 5.71. The van der Waals surface area contributed by atoms with Gasteiger partial charge >= 0.3 is 6.18 Å². The number of rotatable bonds is 14. The Labute approximate surface area is 473 Å². The molecule has 2 aromatic heterocycles. The van der Waals surface area contributed by atoms with Gasteiger partial charge in [0.05, 0.1) is 35.7 Å². The molecular formula is C61H67F3N10O8. The quantitative estimate of drug-likeness (QED) is 0.0631. The number of hydrogen-bond acceptors (Lipinski definition) is 12. The van der Waals surface area contributed by atoms with Crippen LogP contribution in [-0.2, 0) is 28.8 Å². The number of ether oxygens (including phenoxy) is 2. The zero-order valence-corrected chi connectivity index (χ0v) is 45.6. The van der Waals surface area contributed by atoms with Gasteiger partial charge in [-0.3, -0.25) is 39.0 Å². The highest BCUT2D eigenvalue weighted by molar-refractivity contribution is 6.02. The molecule has 82 heavy (non-hydrogen) atoms. The van der Waals surface area contributed by atoms with E-state index >= 15 is 13.2 Å². The monoisotopic (exact) mass is 1120 g/mol. The van der Waals surface area contributed by atoms with E-state index in [0.29, 0.717) is 102 Å². The predicted octanol–water partition coefficient (Wildman–Crippen LogP) is 7.41. The second-order valence-corrected chi connectivity index (χ2v) is 22.7. The van der Waals surface area contributed by atoms with E-state index in [1.807, 2.05) is 17.0 Å². The lowest BCUT2D eigenvalue weighted by Gasteiger charge is -2.43. The molecule has 1 unspecified atom stereocenters. The maximum Gasteiger partial charge on any atom is 0.428 e. The number of piperazine rings is 1. The van der Waals surface area contributed by atoms with Crippen molar-refractivity contribution in [1.29, 1.82) is 5.26 Å². The van der Waals surface area contributed by atoms with E-state index in [-0.39, 0.29) is 79.8 Å². The number of benzene rings is 3. The maximum atomic E-state index is 15.1. The second-order valence-electron chi connectivity index (χ2n) is 22.7. The molecule has 6 aliphatic rings. The number of hydrogen-bond donors (Lipinski definition) is 4. The van der Waals surface area contributed by atoms with Crippen molar-refractivity contribution in [1.82, 2.24) is 35.3 Å². The van der Waals surface area contributed by atoms with Crippen LogP contribution in [0.3, 0.4) is 0 Å². The fourth-order valence-corrected chi connectivity index (χ4v) is 12.9. The Morgan fingerprint density at radius 1 is 0.780 bits per heavy atom. The van der Waals surface area contributed by atoms with Crippen molar-refractivity contribution in [3.63, 3.8) is 0 Å². The zero-order chi connectivity index (χ0) is 57.1. The van der Waals surface area contributed by atoms with Crippen molar-refractivity contribution in [3.8, 4) is 28.8 Å². The number of nitrogens with one attached hydrogen (secondary N) is 4. The summed E-state index contributed by atoms with van der Waals surface area (Å²) < 4.78 is 57.3. The van der Waals surface area contributed by atoms with Crippen molar-refractivity contribution in [3.05, 3.63) is 102 Å². The zero-order valence-electron chi connectivity index (χ0n) is 45.6. The second kappa shape index (κ2) is 23.8. The number of amides is 6. The van der Waals surface area contributed by atoms with E-state index in [1.54, 1.807) is 66.9 Å². The average molecular weight is 1130 g/mol. The molecule has 430 valence electrons. The number of aromatic nitrogens is 2. The van der Waals surface area contributed by atoms with E-state index in [2.05, 4.69) is 41.8 Å². The van der Waals surface area contributed by atoms with Gasteiger partial charge in [-0.1, -0.05) is 30.3 Å². The molecular weight excluding hydrogens is 1060 g/mol. The Bertz CT molecular complexity index is 3260. The minimum Gasteiger partial charge on any atom is -0.492 e. The fourth-order valence-electron chi connectivity index (χ4n) is 12.9. The lowest BCUT2D eigenvalue weighted by molar-refractivity contribution is -0.260. The first-order chi connectivity index (χ1) is 39.6. The summed E-state index contributed by atoms with van der Waals surface area (Å²) in [5.74, 6) is -0.982. The molecule has 6 amide bonds. The van der Waals surface area contributed by atoms with Crippen LogP contribution in [0.1, 0.15) is 99.2 Å². The number of nitriles is 1. The van der Waals surface area contributed by atoms with Crippen LogP contribution in [0.4, 0.5) is 24.7 Å². The maximum absolute atomic E-state index is 15.1. The molecule has 1 saturated carbocycles. The number of imide groups is 1. The lowest BCUT2D eigenvalue weighted by Crippen LogP contribution is -2.58. The molecule has 4 saturated heterocycles. The average Bonchev–Trinajstić information content (AvgIpc) is 3.66. The van der Waals surface area contributed by atoms with Crippen molar-refractivity contribution in [2.45, 2.75) is 94.2 Å². The third-order valence-electron chi connectivity index (χ3n) is 17.7. The van der Waals surface area contributed by atoms with Crippen molar-refractivity contribution < 1.29 is 51.4 Å². The van der Waals surface area contributed by atoms with Gasteiger partial charge in [0.15, 0.2) is 0 Å². The number of pyridine rings is 1. The number of fused-ring (bicyclic) bond motifs is 2. The molecule has 5 aromatic rings. The standard InChI is InChI=1S/C61H67F3N10O8/c62-61(63,64)60(82-52-7-2-1-5-46(52)51-33-47-41(35-65)4-3-6-49(47)68-51)20-25-73(26-21-60)59(80)48-34-55(76)69-50-32-43(13-14-45(48)50)81-31-22-66-56(77)39-8-10-40(11-9-39)58(79)74-29-27-71(28-30-74)37-38-18-23-72(24-19-38)53-16-12-42(36-67-53)44-15-17-54(75)70-57(44)78/h1-7,12-14,16,32-33,36,38-40,44,48,68H,8-11,15,17-31,34,37H2,(H,66,77)(H,69,76)(H,70,75,78)/t39?,40?,44?,48-/m0/s1. The summed E-state index contributed by atoms with van der Waals surface area (Å²) in [7, 11) is 0. The minimum absolute atomic E-state index is 0.00730. The highest BCUT2D eigenvalue weighted by Gasteiger charge is 2.59. The normalized spacial score (nSPS) is 22.6. The molecule has 1 aliphatic carbocycles. The number of likely N-dealkylation sites (tertiary alicyclic amines) is 1. The van der Waals surface area contributed by atoms with Crippen LogP contribution in [0.5, 0.6) is 11.5 Å². The molecule has 3 aromatic carbocycles. The van der Waals surface area contributed by atoms with E-state index < -0.39 is 42.4 Å². The Kier molecular flexibility index (Phi) is 16.3. The number of carbonyl (C=O) groups is 6. The van der Waals surface area contributed by atoms with Gasteiger partial charge in [0, 0.05) is 131 Å². The number of aromatic amines is 1. The molecule has 7 heterocycles. The van der Waals surface area contributed by atoms with Gasteiger partial charge < -0.3 is 39.8 Å². The topological polar surface area (TPSA) is 222 Å². The number of carbonyl (C=O) groups excluding carboxylic acids is 6. The van der Waals surface area contributed by atoms with Crippen LogP contribution in [0.25, 0.3) is 22.2 Å². The van der Waals surface area contributed by atoms with Crippen LogP contribution in [-0.4, -0.2) is 144 Å². The number of piperidine rings is 3. The van der Waals surface area contributed by atoms with Crippen LogP contribution >= 0.6 is 0 Å². The number of anilines is 2. The van der Waals surface area contributed by atoms with Crippen LogP contribution < -0.4 is 30.3 Å². The Morgan fingerprint density at radius 3 is 2.24 bits per heavy atom. The lowest BCUT2D eigenvalue weighted by atomic mass is 9.81. The highest BCUT2D eigenvalue weighted by atomic mass is 19.4. The smallest absolute Gasteiger partial charge is 0.428 e. The summed E-state index contributed by atoms with van der Waals surface area (Å²) in [6, 6.07) is 24.3. The minimum atomic E-state index is -4.79. The number of alkyl halides is 3. The summed E-state index contributed by atoms with van der Waals surface area (Å²) in [4.78, 5) is 93.9. The van der Waals surface area contributed by atoms with Gasteiger partial charge in [0.25, 0.3) is 0 Å². The highest BCUT2D eigenvalue weighted by Crippen LogP contribution is 2.46. The van der Waals surface area contributed by atoms with Gasteiger partial charge in [0.1, 0.15) is 23.9 Å². The third kappa shape index (κ3) is 12.0. The summed E-state index contributed by atoms with van der Waals surface area (Å²) in [5, 5.41) is 18.4. The molecule has 5 fully saturated rings. The van der Waals surface area contributed by atoms with Gasteiger partial charge in [-0.25, -0.2) is 4.98 Å². The summed E-state index contributed by atoms with van der Waals surface area (Å²) >= 11 is 0. The Hall–Kier alpha value is -7.99. The van der Waals surface area contributed by atoms with E-state index in [9.17, 15) is 34.0 Å². The molecule has 0 spiro atoms. The number of H-pyrrole nitrogens is 1. The summed E-state index contributed by atoms with van der Waals surface area (Å²) in [5.41, 5.74) is 1.08. The van der Waals surface area contributed by atoms with Crippen LogP contribution in [0.15, 0.2) is 85.1 Å². The van der Waals surface area contributed by atoms with E-state index in [1.165, 1.54) is 11.0 Å². The molecule has 2 atom stereocenters. The Balaban J connectivity index is 0.594. The molecule has 21 heteroatoms. The summed E-state index contributed by atoms with van der Waals surface area (Å²) in [6.07, 6.45) is 1.21. The number of nitrogens with zero attached hydrogens (tertiary/aromatic N) is 6. The third-order valence-corrected chi connectivity index (χ3v) is 17.7. The van der Waals surface area contributed by atoms with Crippen molar-refractivity contribution >= 4 is 57.9 Å². The van der Waals surface area contributed by atoms with Crippen LogP contribution in [0.2, 0.25) is 0 Å². The molecule has 4 N–H and O–H groups in total. The predicted molar refractivity (Wildman–Crippen MR) is 297 cm³/mol. The molecule has 5 aliphatic heterocycles. The molecule has 0 bridgehead atoms. The molecule has 11 rings (SSSR count). The van der Waals surface area contributed by atoms with E-state index in [0.717, 1.165) is 56.9 Å². The van der Waals surface area contributed by atoms with Gasteiger partial charge in [-0.2, -0.15) is 18.4 Å². The SMILES string of the molecule is N#Cc1cccc2[nH]c(-c3ccccc3OC3(C(F)(F)F)CCN(C(=O)[C@H]4CC(=O)Nc5cc(OCCNC(=O)C6CCC(C(=O)N7CCN(CC8CCN(c9ccc(C%10CCC(=O)NC%10=O)cn9)CC8)CC7)CC6)ccc54)CC3)cc12. The Morgan fingerprint density at radius 2 is 1.52 bits per heavy atom. The van der Waals surface area contributed by atoms with Crippen LogP contribution in [0, 0.1) is 29.1 Å². The number of para-hydroxylation sites is 1. The molecule has 0 radical (unpaired) electrons. The first-order valence-electron chi connectivity index (χ1n) is 28.7.